The fraction of sp³-hybridized carbons (Fsp3) is 1.00. The van der Waals surface area contributed by atoms with E-state index in [-0.39, 0.29) is 5.60 Å². The van der Waals surface area contributed by atoms with Gasteiger partial charge in [-0.25, -0.2) is 0 Å². The van der Waals surface area contributed by atoms with E-state index in [0.717, 1.165) is 32.6 Å². The van der Waals surface area contributed by atoms with Gasteiger partial charge in [-0.3, -0.25) is 0 Å². The summed E-state index contributed by atoms with van der Waals surface area (Å²) in [4.78, 5) is 0. The molecule has 1 aliphatic rings. The average Bonchev–Trinajstić information content (AvgIpc) is 2.22. The lowest BCUT2D eigenvalue weighted by molar-refractivity contribution is -0.0635. The van der Waals surface area contributed by atoms with Crippen LogP contribution in [0.1, 0.15) is 26.7 Å². The van der Waals surface area contributed by atoms with Crippen molar-refractivity contribution in [3.8, 4) is 0 Å². The van der Waals surface area contributed by atoms with Crippen molar-refractivity contribution in [1.82, 2.24) is 5.32 Å². The molecule has 0 aromatic carbocycles. The molecule has 1 heterocycles. The minimum atomic E-state index is 0.0207. The maximum Gasteiger partial charge on any atom is 0.0700 e. The van der Waals surface area contributed by atoms with Crippen molar-refractivity contribution < 1.29 is 14.2 Å². The fourth-order valence-electron chi connectivity index (χ4n) is 1.99. The third-order valence-electron chi connectivity index (χ3n) is 2.81. The van der Waals surface area contributed by atoms with Gasteiger partial charge >= 0.3 is 0 Å². The highest BCUT2D eigenvalue weighted by Crippen LogP contribution is 2.23. The Morgan fingerprint density at radius 2 is 2.12 bits per heavy atom. The molecule has 96 valence electrons. The van der Waals surface area contributed by atoms with Gasteiger partial charge in [0, 0.05) is 26.3 Å². The number of ether oxygens (including phenoxy) is 3. The van der Waals surface area contributed by atoms with Crippen molar-refractivity contribution in [3.63, 3.8) is 0 Å². The van der Waals surface area contributed by atoms with Crippen LogP contribution in [0.15, 0.2) is 0 Å². The fourth-order valence-corrected chi connectivity index (χ4v) is 1.99. The van der Waals surface area contributed by atoms with Gasteiger partial charge in [-0.15, -0.1) is 0 Å². The molecule has 1 saturated heterocycles. The van der Waals surface area contributed by atoms with E-state index in [1.165, 1.54) is 0 Å². The number of rotatable bonds is 7. The zero-order valence-corrected chi connectivity index (χ0v) is 10.8. The van der Waals surface area contributed by atoms with Gasteiger partial charge < -0.3 is 19.5 Å². The van der Waals surface area contributed by atoms with E-state index in [9.17, 15) is 0 Å². The Kier molecular flexibility index (Phi) is 6.28. The van der Waals surface area contributed by atoms with Gasteiger partial charge in [0.1, 0.15) is 0 Å². The van der Waals surface area contributed by atoms with Crippen LogP contribution in [0.5, 0.6) is 0 Å². The van der Waals surface area contributed by atoms with Crippen molar-refractivity contribution >= 4 is 0 Å². The Bertz CT molecular complexity index is 185. The van der Waals surface area contributed by atoms with Crippen molar-refractivity contribution in [2.75, 3.05) is 40.1 Å². The third kappa shape index (κ3) is 5.80. The van der Waals surface area contributed by atoms with Crippen molar-refractivity contribution in [3.05, 3.63) is 0 Å². The maximum atomic E-state index is 5.67. The molecule has 4 nitrogen and oxygen atoms in total. The molecule has 0 aromatic heterocycles. The van der Waals surface area contributed by atoms with E-state index < -0.39 is 0 Å². The lowest BCUT2D eigenvalue weighted by Gasteiger charge is -2.35. The van der Waals surface area contributed by atoms with Crippen LogP contribution in [0.3, 0.4) is 0 Å². The van der Waals surface area contributed by atoms with Crippen molar-refractivity contribution in [1.29, 1.82) is 0 Å². The second-order valence-electron chi connectivity index (χ2n) is 4.86. The highest BCUT2D eigenvalue weighted by Gasteiger charge is 2.28. The number of hydrogen-bond acceptors (Lipinski definition) is 4. The number of methoxy groups -OCH3 is 1. The molecule has 1 rings (SSSR count). The molecule has 0 radical (unpaired) electrons. The zero-order chi connectivity index (χ0) is 11.9. The maximum absolute atomic E-state index is 5.67. The summed E-state index contributed by atoms with van der Waals surface area (Å²) < 4.78 is 16.0. The van der Waals surface area contributed by atoms with Crippen LogP contribution in [-0.2, 0) is 14.2 Å². The van der Waals surface area contributed by atoms with Crippen LogP contribution in [0.25, 0.3) is 0 Å². The smallest absolute Gasteiger partial charge is 0.0700 e. The van der Waals surface area contributed by atoms with Crippen LogP contribution in [-0.4, -0.2) is 51.7 Å². The Morgan fingerprint density at radius 3 is 2.81 bits per heavy atom. The highest BCUT2D eigenvalue weighted by atomic mass is 16.5. The Hall–Kier alpha value is -0.160. The Morgan fingerprint density at radius 1 is 1.31 bits per heavy atom. The van der Waals surface area contributed by atoms with Gasteiger partial charge in [0.15, 0.2) is 0 Å². The van der Waals surface area contributed by atoms with Crippen LogP contribution in [0.2, 0.25) is 0 Å². The minimum Gasteiger partial charge on any atom is -0.382 e. The summed E-state index contributed by atoms with van der Waals surface area (Å²) in [6.07, 6.45) is 2.17. The molecular weight excluding hydrogens is 206 g/mol. The molecular formula is C12H25NO3. The molecule has 1 aliphatic heterocycles. The first-order valence-electron chi connectivity index (χ1n) is 6.08. The highest BCUT2D eigenvalue weighted by molar-refractivity contribution is 4.82. The first kappa shape index (κ1) is 13.9. The van der Waals surface area contributed by atoms with Crippen LogP contribution in [0.4, 0.5) is 0 Å². The second-order valence-corrected chi connectivity index (χ2v) is 4.86. The molecule has 1 N–H and O–H groups in total. The van der Waals surface area contributed by atoms with E-state index in [1.807, 2.05) is 0 Å². The van der Waals surface area contributed by atoms with Crippen LogP contribution >= 0.6 is 0 Å². The largest absolute Gasteiger partial charge is 0.382 e. The van der Waals surface area contributed by atoms with Crippen LogP contribution < -0.4 is 5.32 Å². The third-order valence-corrected chi connectivity index (χ3v) is 2.81. The van der Waals surface area contributed by atoms with E-state index >= 15 is 0 Å². The topological polar surface area (TPSA) is 39.7 Å². The molecule has 0 aliphatic carbocycles. The summed E-state index contributed by atoms with van der Waals surface area (Å²) in [6.45, 7) is 8.16. The average molecular weight is 231 g/mol. The van der Waals surface area contributed by atoms with E-state index in [0.29, 0.717) is 19.3 Å². The standard InChI is InChI=1S/C12H25NO3/c1-12(2)10-11(4-6-16-12)13-5-7-15-9-8-14-3/h11,13H,4-10H2,1-3H3. The molecule has 1 atom stereocenters. The summed E-state index contributed by atoms with van der Waals surface area (Å²) >= 11 is 0. The SMILES string of the molecule is COCCOCCNC1CCOC(C)(C)C1. The van der Waals surface area contributed by atoms with Crippen LogP contribution in [0, 0.1) is 0 Å². The lowest BCUT2D eigenvalue weighted by Crippen LogP contribution is -2.44. The van der Waals surface area contributed by atoms with Gasteiger partial charge in [-0.1, -0.05) is 0 Å². The molecule has 0 spiro atoms. The van der Waals surface area contributed by atoms with Gasteiger partial charge in [-0.2, -0.15) is 0 Å². The summed E-state index contributed by atoms with van der Waals surface area (Å²) in [7, 11) is 1.69. The quantitative estimate of drug-likeness (QED) is 0.668. The van der Waals surface area contributed by atoms with E-state index in [4.69, 9.17) is 14.2 Å². The lowest BCUT2D eigenvalue weighted by atomic mass is 9.94. The molecule has 0 bridgehead atoms. The van der Waals surface area contributed by atoms with Crippen molar-refractivity contribution in [2.45, 2.75) is 38.3 Å². The molecule has 0 saturated carbocycles. The Balaban J connectivity index is 2.00. The zero-order valence-electron chi connectivity index (χ0n) is 10.8. The van der Waals surface area contributed by atoms with E-state index in [1.54, 1.807) is 7.11 Å². The molecule has 0 aromatic rings. The Labute approximate surface area is 98.6 Å². The summed E-state index contributed by atoms with van der Waals surface area (Å²) in [5, 5.41) is 3.51. The monoisotopic (exact) mass is 231 g/mol. The van der Waals surface area contributed by atoms with Gasteiger partial charge in [0.2, 0.25) is 0 Å². The summed E-state index contributed by atoms with van der Waals surface area (Å²) in [5.41, 5.74) is 0.0207. The normalized spacial score (nSPS) is 24.6. The van der Waals surface area contributed by atoms with E-state index in [2.05, 4.69) is 19.2 Å². The van der Waals surface area contributed by atoms with Gasteiger partial charge in [0.25, 0.3) is 0 Å². The molecule has 0 amide bonds. The predicted octanol–water partition coefficient (Wildman–Crippen LogP) is 1.20. The first-order valence-corrected chi connectivity index (χ1v) is 6.08. The number of nitrogens with one attached hydrogen (secondary N) is 1. The summed E-state index contributed by atoms with van der Waals surface area (Å²) in [6, 6.07) is 0.565. The second kappa shape index (κ2) is 7.22. The molecule has 1 fully saturated rings. The summed E-state index contributed by atoms with van der Waals surface area (Å²) in [5.74, 6) is 0. The molecule has 1 unspecified atom stereocenters. The first-order chi connectivity index (χ1) is 7.64. The van der Waals surface area contributed by atoms with Gasteiger partial charge in [-0.05, 0) is 26.7 Å². The predicted molar refractivity (Wildman–Crippen MR) is 63.8 cm³/mol. The minimum absolute atomic E-state index is 0.0207. The van der Waals surface area contributed by atoms with Gasteiger partial charge in [0.05, 0.1) is 25.4 Å². The number of hydrogen-bond donors (Lipinski definition) is 1. The molecule has 4 heteroatoms. The van der Waals surface area contributed by atoms with Crippen molar-refractivity contribution in [2.24, 2.45) is 0 Å². The molecule has 16 heavy (non-hydrogen) atoms.